The third-order valence-electron chi connectivity index (χ3n) is 6.65. The molecule has 0 N–H and O–H groups in total. The molecule has 154 valence electrons. The van der Waals surface area contributed by atoms with Gasteiger partial charge in [-0.2, -0.15) is 13.2 Å². The van der Waals surface area contributed by atoms with Crippen LogP contribution in [-0.4, -0.2) is 66.5 Å². The average molecular weight is 396 g/mol. The Bertz CT molecular complexity index is 715. The lowest BCUT2D eigenvalue weighted by molar-refractivity contribution is -0.139. The lowest BCUT2D eigenvalue weighted by atomic mass is 9.78. The highest BCUT2D eigenvalue weighted by molar-refractivity contribution is 5.86. The van der Waals surface area contributed by atoms with Gasteiger partial charge in [-0.3, -0.25) is 4.79 Å². The minimum absolute atomic E-state index is 0.235. The second kappa shape index (κ2) is 7.21. The minimum atomic E-state index is -4.38. The molecule has 4 rings (SSSR count). The minimum Gasteiger partial charge on any atom is -0.356 e. The van der Waals surface area contributed by atoms with Gasteiger partial charge in [0.1, 0.15) is 5.82 Å². The van der Waals surface area contributed by atoms with Crippen molar-refractivity contribution in [1.82, 2.24) is 14.8 Å². The molecule has 0 aromatic carbocycles. The number of anilines is 1. The van der Waals surface area contributed by atoms with Crippen LogP contribution < -0.4 is 4.90 Å². The molecule has 0 saturated carbocycles. The van der Waals surface area contributed by atoms with Crippen LogP contribution in [0.3, 0.4) is 0 Å². The second-order valence-electron chi connectivity index (χ2n) is 8.49. The highest BCUT2D eigenvalue weighted by atomic mass is 19.4. The van der Waals surface area contributed by atoms with Crippen LogP contribution in [0.2, 0.25) is 0 Å². The monoisotopic (exact) mass is 396 g/mol. The molecular formula is C20H27F3N4O. The van der Waals surface area contributed by atoms with E-state index in [-0.39, 0.29) is 5.91 Å². The third kappa shape index (κ3) is 3.58. The first-order chi connectivity index (χ1) is 13.3. The zero-order valence-corrected chi connectivity index (χ0v) is 16.2. The number of amides is 1. The molecule has 3 aliphatic rings. The smallest absolute Gasteiger partial charge is 0.356 e. The van der Waals surface area contributed by atoms with E-state index < -0.39 is 17.2 Å². The van der Waals surface area contributed by atoms with Crippen molar-refractivity contribution in [2.24, 2.45) is 5.41 Å². The molecule has 0 bridgehead atoms. The van der Waals surface area contributed by atoms with Gasteiger partial charge < -0.3 is 14.7 Å². The summed E-state index contributed by atoms with van der Waals surface area (Å²) in [7, 11) is 2.11. The van der Waals surface area contributed by atoms with Crippen LogP contribution in [-0.2, 0) is 11.0 Å². The van der Waals surface area contributed by atoms with Crippen molar-refractivity contribution in [2.75, 3.05) is 44.7 Å². The zero-order chi connectivity index (χ0) is 19.9. The number of nitrogens with zero attached hydrogens (tertiary/aromatic N) is 4. The van der Waals surface area contributed by atoms with Crippen molar-refractivity contribution in [2.45, 2.75) is 44.3 Å². The highest BCUT2D eigenvalue weighted by Crippen LogP contribution is 2.42. The summed E-state index contributed by atoms with van der Waals surface area (Å²) in [6.07, 6.45) is 1.07. The molecule has 1 aromatic heterocycles. The number of pyridine rings is 1. The van der Waals surface area contributed by atoms with E-state index in [2.05, 4.69) is 21.8 Å². The number of alkyl halides is 3. The standard InChI is InChI=1S/C20H27F3N4O/c1-25-10-5-16(6-11-25)27-12-8-19(18(27)28)7-2-9-26(14-19)17-4-3-15(13-24-17)20(21,22)23/h3-4,13,16H,2,5-12,14H2,1H3/t19-/m1/s1. The number of carbonyl (C=O) groups is 1. The molecule has 4 heterocycles. The zero-order valence-electron chi connectivity index (χ0n) is 16.2. The molecule has 0 radical (unpaired) electrons. The van der Waals surface area contributed by atoms with E-state index in [0.717, 1.165) is 70.5 Å². The fraction of sp³-hybridized carbons (Fsp3) is 0.700. The lowest BCUT2D eigenvalue weighted by Crippen LogP contribution is -2.51. The number of halogens is 3. The third-order valence-corrected chi connectivity index (χ3v) is 6.65. The summed E-state index contributed by atoms with van der Waals surface area (Å²) in [4.78, 5) is 23.7. The summed E-state index contributed by atoms with van der Waals surface area (Å²) in [6, 6.07) is 2.82. The molecule has 1 atom stereocenters. The first kappa shape index (κ1) is 19.5. The molecule has 1 amide bonds. The van der Waals surface area contributed by atoms with Crippen molar-refractivity contribution < 1.29 is 18.0 Å². The average Bonchev–Trinajstić information content (AvgIpc) is 2.98. The van der Waals surface area contributed by atoms with E-state index >= 15 is 0 Å². The summed E-state index contributed by atoms with van der Waals surface area (Å²) in [6.45, 7) is 4.10. The largest absolute Gasteiger partial charge is 0.417 e. The molecule has 28 heavy (non-hydrogen) atoms. The number of piperidine rings is 2. The molecule has 1 aromatic rings. The van der Waals surface area contributed by atoms with Crippen LogP contribution in [0.5, 0.6) is 0 Å². The molecule has 3 aliphatic heterocycles. The van der Waals surface area contributed by atoms with E-state index in [1.165, 1.54) is 6.07 Å². The van der Waals surface area contributed by atoms with Crippen LogP contribution >= 0.6 is 0 Å². The van der Waals surface area contributed by atoms with Crippen LogP contribution in [0.4, 0.5) is 19.0 Å². The van der Waals surface area contributed by atoms with Crippen molar-refractivity contribution >= 4 is 11.7 Å². The number of likely N-dealkylation sites (tertiary alicyclic amines) is 2. The van der Waals surface area contributed by atoms with Crippen molar-refractivity contribution in [3.63, 3.8) is 0 Å². The number of rotatable bonds is 2. The first-order valence-electron chi connectivity index (χ1n) is 10.1. The van der Waals surface area contributed by atoms with Gasteiger partial charge in [0, 0.05) is 31.9 Å². The summed E-state index contributed by atoms with van der Waals surface area (Å²) in [5.41, 5.74) is -1.15. The second-order valence-corrected chi connectivity index (χ2v) is 8.49. The van der Waals surface area contributed by atoms with Gasteiger partial charge in [0.2, 0.25) is 5.91 Å². The Morgan fingerprint density at radius 1 is 1.11 bits per heavy atom. The molecular weight excluding hydrogens is 369 g/mol. The Morgan fingerprint density at radius 2 is 1.86 bits per heavy atom. The number of hydrogen-bond donors (Lipinski definition) is 0. The topological polar surface area (TPSA) is 39.7 Å². The van der Waals surface area contributed by atoms with Crippen molar-refractivity contribution in [3.8, 4) is 0 Å². The Kier molecular flexibility index (Phi) is 5.02. The molecule has 3 saturated heterocycles. The molecule has 8 heteroatoms. The lowest BCUT2D eigenvalue weighted by Gasteiger charge is -2.41. The molecule has 5 nitrogen and oxygen atoms in total. The highest BCUT2D eigenvalue weighted by Gasteiger charge is 2.50. The van der Waals surface area contributed by atoms with Crippen molar-refractivity contribution in [1.29, 1.82) is 0 Å². The number of aromatic nitrogens is 1. The number of carbonyl (C=O) groups excluding carboxylic acids is 1. The van der Waals surface area contributed by atoms with Crippen LogP contribution in [0.25, 0.3) is 0 Å². The summed E-state index contributed by atoms with van der Waals surface area (Å²) < 4.78 is 38.4. The quantitative estimate of drug-likeness (QED) is 0.771. The Hall–Kier alpha value is -1.83. The Morgan fingerprint density at radius 3 is 2.50 bits per heavy atom. The van der Waals surface area contributed by atoms with Crippen LogP contribution in [0.15, 0.2) is 18.3 Å². The van der Waals surface area contributed by atoms with E-state index in [1.807, 2.05) is 4.90 Å². The number of hydrogen-bond acceptors (Lipinski definition) is 4. The summed E-state index contributed by atoms with van der Waals surface area (Å²) >= 11 is 0. The maximum Gasteiger partial charge on any atom is 0.417 e. The van der Waals surface area contributed by atoms with Gasteiger partial charge in [0.25, 0.3) is 0 Å². The van der Waals surface area contributed by atoms with Gasteiger partial charge >= 0.3 is 6.18 Å². The van der Waals surface area contributed by atoms with Gasteiger partial charge in [0.15, 0.2) is 0 Å². The molecule has 1 spiro atoms. The molecule has 0 aliphatic carbocycles. The molecule has 3 fully saturated rings. The normalized spacial score (nSPS) is 27.8. The predicted molar refractivity (Wildman–Crippen MR) is 100.0 cm³/mol. The maximum absolute atomic E-state index is 13.3. The van der Waals surface area contributed by atoms with Gasteiger partial charge in [-0.05, 0) is 64.4 Å². The Labute approximate surface area is 163 Å². The van der Waals surface area contributed by atoms with Crippen molar-refractivity contribution in [3.05, 3.63) is 23.9 Å². The van der Waals surface area contributed by atoms with E-state index in [9.17, 15) is 18.0 Å². The van der Waals surface area contributed by atoms with Gasteiger partial charge in [0.05, 0.1) is 11.0 Å². The summed E-state index contributed by atoms with van der Waals surface area (Å²) in [5.74, 6) is 0.760. The fourth-order valence-electron chi connectivity index (χ4n) is 4.95. The fourth-order valence-corrected chi connectivity index (χ4v) is 4.95. The van der Waals surface area contributed by atoms with Gasteiger partial charge in [-0.1, -0.05) is 0 Å². The van der Waals surface area contributed by atoms with E-state index in [4.69, 9.17) is 0 Å². The maximum atomic E-state index is 13.3. The van der Waals surface area contributed by atoms with Gasteiger partial charge in [-0.25, -0.2) is 4.98 Å². The van der Waals surface area contributed by atoms with Gasteiger partial charge in [-0.15, -0.1) is 0 Å². The summed E-state index contributed by atoms with van der Waals surface area (Å²) in [5, 5.41) is 0. The predicted octanol–water partition coefficient (Wildman–Crippen LogP) is 3.01. The SMILES string of the molecule is CN1CCC(N2CC[C@@]3(CCCN(c4ccc(C(F)(F)F)cn4)C3)C2=O)CC1. The first-order valence-corrected chi connectivity index (χ1v) is 10.1. The molecule has 0 unspecified atom stereocenters. The van der Waals surface area contributed by atoms with Crippen LogP contribution in [0, 0.1) is 5.41 Å². The Balaban J connectivity index is 1.47. The van der Waals surface area contributed by atoms with E-state index in [0.29, 0.717) is 18.4 Å². The van der Waals surface area contributed by atoms with E-state index in [1.54, 1.807) is 0 Å². The van der Waals surface area contributed by atoms with Crippen LogP contribution in [0.1, 0.15) is 37.7 Å².